The summed E-state index contributed by atoms with van der Waals surface area (Å²) < 4.78 is 12.7. The Kier molecular flexibility index (Phi) is 4.76. The van der Waals surface area contributed by atoms with Crippen molar-refractivity contribution >= 4 is 0 Å². The Morgan fingerprint density at radius 2 is 1.73 bits per heavy atom. The zero-order valence-corrected chi connectivity index (χ0v) is 14.0. The van der Waals surface area contributed by atoms with E-state index >= 15 is 0 Å². The van der Waals surface area contributed by atoms with E-state index in [2.05, 4.69) is 20.8 Å². The highest BCUT2D eigenvalue weighted by atomic mass is 16.5. The maximum absolute atomic E-state index is 5.77. The predicted molar refractivity (Wildman–Crippen MR) is 88.1 cm³/mol. The molecule has 1 aromatic heterocycles. The smallest absolute Gasteiger partial charge is 0.219 e. The molecule has 5 nitrogen and oxygen atoms in total. The molecule has 22 heavy (non-hydrogen) atoms. The van der Waals surface area contributed by atoms with Crippen molar-refractivity contribution in [1.29, 1.82) is 0 Å². The van der Waals surface area contributed by atoms with Gasteiger partial charge in [0.15, 0.2) is 0 Å². The van der Waals surface area contributed by atoms with E-state index in [0.29, 0.717) is 6.54 Å². The Bertz CT molecular complexity index is 625. The SMILES string of the molecule is COc1ccc(-n2nc(C(C)(C)C)c(CCN)c2OC)cc1. The van der Waals surface area contributed by atoms with Crippen LogP contribution < -0.4 is 15.2 Å². The van der Waals surface area contributed by atoms with Crippen LogP contribution in [-0.4, -0.2) is 30.5 Å². The van der Waals surface area contributed by atoms with Gasteiger partial charge >= 0.3 is 0 Å². The van der Waals surface area contributed by atoms with Gasteiger partial charge in [0.25, 0.3) is 0 Å². The topological polar surface area (TPSA) is 62.3 Å². The average Bonchev–Trinajstić information content (AvgIpc) is 2.86. The van der Waals surface area contributed by atoms with Gasteiger partial charge in [-0.25, -0.2) is 4.68 Å². The van der Waals surface area contributed by atoms with Gasteiger partial charge in [-0.3, -0.25) is 0 Å². The maximum Gasteiger partial charge on any atom is 0.219 e. The molecule has 2 aromatic rings. The molecule has 0 aliphatic rings. The first-order chi connectivity index (χ1) is 10.4. The number of nitrogens with two attached hydrogens (primary N) is 1. The minimum Gasteiger partial charge on any atom is -0.497 e. The normalized spacial score (nSPS) is 11.5. The molecule has 0 bridgehead atoms. The van der Waals surface area contributed by atoms with E-state index < -0.39 is 0 Å². The number of nitrogens with zero attached hydrogens (tertiary/aromatic N) is 2. The first-order valence-corrected chi connectivity index (χ1v) is 7.43. The largest absolute Gasteiger partial charge is 0.497 e. The summed E-state index contributed by atoms with van der Waals surface area (Å²) >= 11 is 0. The van der Waals surface area contributed by atoms with E-state index in [-0.39, 0.29) is 5.41 Å². The Morgan fingerprint density at radius 1 is 1.09 bits per heavy atom. The van der Waals surface area contributed by atoms with Gasteiger partial charge in [0.2, 0.25) is 5.88 Å². The van der Waals surface area contributed by atoms with Crippen molar-refractivity contribution in [2.75, 3.05) is 20.8 Å². The van der Waals surface area contributed by atoms with Crippen LogP contribution in [0.4, 0.5) is 0 Å². The van der Waals surface area contributed by atoms with Crippen LogP contribution in [-0.2, 0) is 11.8 Å². The monoisotopic (exact) mass is 303 g/mol. The van der Waals surface area contributed by atoms with Crippen LogP contribution in [0, 0.1) is 0 Å². The summed E-state index contributed by atoms with van der Waals surface area (Å²) in [6, 6.07) is 7.76. The zero-order valence-electron chi connectivity index (χ0n) is 14.0. The lowest BCUT2D eigenvalue weighted by Gasteiger charge is -2.17. The molecule has 2 N–H and O–H groups in total. The van der Waals surface area contributed by atoms with E-state index in [1.54, 1.807) is 14.2 Å². The molecule has 0 atom stereocenters. The molecule has 0 aliphatic carbocycles. The molecular weight excluding hydrogens is 278 g/mol. The fourth-order valence-electron chi connectivity index (χ4n) is 2.52. The van der Waals surface area contributed by atoms with Crippen molar-refractivity contribution in [2.45, 2.75) is 32.6 Å². The van der Waals surface area contributed by atoms with Crippen molar-refractivity contribution < 1.29 is 9.47 Å². The third-order valence-corrected chi connectivity index (χ3v) is 3.55. The molecule has 0 fully saturated rings. The number of methoxy groups -OCH3 is 2. The summed E-state index contributed by atoms with van der Waals surface area (Å²) in [5.74, 6) is 1.56. The second-order valence-corrected chi connectivity index (χ2v) is 6.23. The van der Waals surface area contributed by atoms with Crippen molar-refractivity contribution in [1.82, 2.24) is 9.78 Å². The Morgan fingerprint density at radius 3 is 2.18 bits per heavy atom. The van der Waals surface area contributed by atoms with E-state index in [1.165, 1.54) is 0 Å². The van der Waals surface area contributed by atoms with E-state index in [0.717, 1.165) is 35.0 Å². The highest BCUT2D eigenvalue weighted by Gasteiger charge is 2.27. The lowest BCUT2D eigenvalue weighted by atomic mass is 9.88. The quantitative estimate of drug-likeness (QED) is 0.922. The van der Waals surface area contributed by atoms with E-state index in [1.807, 2.05) is 28.9 Å². The summed E-state index contributed by atoms with van der Waals surface area (Å²) in [7, 11) is 3.32. The number of hydrogen-bond acceptors (Lipinski definition) is 4. The number of benzene rings is 1. The molecule has 1 heterocycles. The predicted octanol–water partition coefficient (Wildman–Crippen LogP) is 2.69. The molecule has 5 heteroatoms. The molecule has 0 aliphatic heterocycles. The van der Waals surface area contributed by atoms with Crippen molar-refractivity contribution in [3.05, 3.63) is 35.5 Å². The Hall–Kier alpha value is -2.01. The number of ether oxygens (including phenoxy) is 2. The van der Waals surface area contributed by atoms with Gasteiger partial charge in [0.05, 0.1) is 25.6 Å². The lowest BCUT2D eigenvalue weighted by Crippen LogP contribution is -2.16. The summed E-state index contributed by atoms with van der Waals surface area (Å²) in [6.07, 6.45) is 0.742. The van der Waals surface area contributed by atoms with Crippen LogP contribution >= 0.6 is 0 Å². The van der Waals surface area contributed by atoms with Crippen LogP contribution in [0.2, 0.25) is 0 Å². The molecule has 2 rings (SSSR count). The van der Waals surface area contributed by atoms with Crippen molar-refractivity contribution in [2.24, 2.45) is 5.73 Å². The molecule has 120 valence electrons. The molecule has 0 saturated carbocycles. The van der Waals surface area contributed by atoms with E-state index in [4.69, 9.17) is 20.3 Å². The van der Waals surface area contributed by atoms with Crippen LogP contribution in [0.3, 0.4) is 0 Å². The van der Waals surface area contributed by atoms with Gasteiger partial charge in [0, 0.05) is 11.0 Å². The van der Waals surface area contributed by atoms with Crippen LogP contribution in [0.5, 0.6) is 11.6 Å². The molecule has 0 radical (unpaired) electrons. The van der Waals surface area contributed by atoms with Crippen LogP contribution in [0.15, 0.2) is 24.3 Å². The second kappa shape index (κ2) is 6.40. The highest BCUT2D eigenvalue weighted by molar-refractivity contribution is 5.45. The summed E-state index contributed by atoms with van der Waals surface area (Å²) in [5.41, 5.74) is 8.73. The molecule has 0 unspecified atom stereocenters. The summed E-state index contributed by atoms with van der Waals surface area (Å²) in [5, 5.41) is 4.79. The molecular formula is C17H25N3O2. The second-order valence-electron chi connectivity index (χ2n) is 6.23. The van der Waals surface area contributed by atoms with Gasteiger partial charge in [0.1, 0.15) is 5.75 Å². The third-order valence-electron chi connectivity index (χ3n) is 3.55. The third kappa shape index (κ3) is 3.09. The lowest BCUT2D eigenvalue weighted by molar-refractivity contribution is 0.379. The Balaban J connectivity index is 2.59. The van der Waals surface area contributed by atoms with Gasteiger partial charge in [-0.05, 0) is 37.2 Å². The minimum atomic E-state index is -0.0739. The standard InChI is InChI=1S/C17H25N3O2/c1-17(2,3)15-14(10-11-18)16(22-5)20(19-15)12-6-8-13(21-4)9-7-12/h6-9H,10-11,18H2,1-5H3. The fraction of sp³-hybridized carbons (Fsp3) is 0.471. The maximum atomic E-state index is 5.77. The van der Waals surface area contributed by atoms with Crippen molar-refractivity contribution in [3.8, 4) is 17.3 Å². The van der Waals surface area contributed by atoms with Gasteiger partial charge < -0.3 is 15.2 Å². The van der Waals surface area contributed by atoms with Crippen molar-refractivity contribution in [3.63, 3.8) is 0 Å². The molecule has 0 spiro atoms. The molecule has 1 aromatic carbocycles. The first-order valence-electron chi connectivity index (χ1n) is 7.43. The zero-order chi connectivity index (χ0) is 16.3. The van der Waals surface area contributed by atoms with Crippen LogP contribution in [0.1, 0.15) is 32.0 Å². The summed E-state index contributed by atoms with van der Waals surface area (Å²) in [6.45, 7) is 7.00. The first kappa shape index (κ1) is 16.4. The highest BCUT2D eigenvalue weighted by Crippen LogP contribution is 2.33. The number of rotatable bonds is 5. The molecule has 0 saturated heterocycles. The molecule has 0 amide bonds. The fourth-order valence-corrected chi connectivity index (χ4v) is 2.52. The van der Waals surface area contributed by atoms with Crippen LogP contribution in [0.25, 0.3) is 5.69 Å². The Labute approximate surface area is 132 Å². The number of hydrogen-bond donors (Lipinski definition) is 1. The van der Waals surface area contributed by atoms with Gasteiger partial charge in [-0.15, -0.1) is 0 Å². The number of aromatic nitrogens is 2. The minimum absolute atomic E-state index is 0.0739. The van der Waals surface area contributed by atoms with E-state index in [9.17, 15) is 0 Å². The summed E-state index contributed by atoms with van der Waals surface area (Å²) in [4.78, 5) is 0. The van der Waals surface area contributed by atoms with Gasteiger partial charge in [-0.1, -0.05) is 20.8 Å². The van der Waals surface area contributed by atoms with Gasteiger partial charge in [-0.2, -0.15) is 5.10 Å². The average molecular weight is 303 g/mol.